The van der Waals surface area contributed by atoms with Crippen molar-refractivity contribution in [2.75, 3.05) is 32.7 Å². The van der Waals surface area contributed by atoms with Gasteiger partial charge in [0.05, 0.1) is 17.8 Å². The molecule has 3 heterocycles. The Morgan fingerprint density at radius 3 is 2.70 bits per heavy atom. The normalized spacial score (nSPS) is 18.6. The molecule has 7 heteroatoms. The van der Waals surface area contributed by atoms with Crippen LogP contribution in [-0.2, 0) is 0 Å². The van der Waals surface area contributed by atoms with E-state index in [4.69, 9.17) is 17.0 Å². The predicted octanol–water partition coefficient (Wildman–Crippen LogP) is 4.51. The second-order valence-electron chi connectivity index (χ2n) is 7.01. The van der Waals surface area contributed by atoms with Gasteiger partial charge in [-0.1, -0.05) is 36.2 Å². The first-order valence-corrected chi connectivity index (χ1v) is 10.6. The van der Waals surface area contributed by atoms with Crippen LogP contribution in [0, 0.1) is 5.41 Å². The smallest absolute Gasteiger partial charge is 0.135 e. The molecule has 0 bridgehead atoms. The highest BCUT2D eigenvalue weighted by atomic mass is 35.5. The van der Waals surface area contributed by atoms with Crippen LogP contribution < -0.4 is 0 Å². The second kappa shape index (κ2) is 8.00. The number of likely N-dealkylation sites (tertiary alicyclic amines) is 1. The highest BCUT2D eigenvalue weighted by Gasteiger charge is 2.30. The van der Waals surface area contributed by atoms with E-state index in [1.165, 1.54) is 30.6 Å². The third kappa shape index (κ3) is 3.88. The number of halogens is 1. The highest BCUT2D eigenvalue weighted by Crippen LogP contribution is 2.34. The number of hydrogen-bond acceptors (Lipinski definition) is 5. The zero-order chi connectivity index (χ0) is 18.8. The Hall–Kier alpha value is -1.89. The average molecular weight is 403 g/mol. The summed E-state index contributed by atoms with van der Waals surface area (Å²) in [6, 6.07) is 7.59. The number of nitrogens with zero attached hydrogens (tertiary/aromatic N) is 3. The van der Waals surface area contributed by atoms with Gasteiger partial charge in [-0.3, -0.25) is 5.41 Å². The number of piperidine rings is 1. The van der Waals surface area contributed by atoms with Crippen LogP contribution in [0.3, 0.4) is 0 Å². The van der Waals surface area contributed by atoms with Gasteiger partial charge in [-0.05, 0) is 32.0 Å². The van der Waals surface area contributed by atoms with Crippen molar-refractivity contribution in [2.45, 2.75) is 19.3 Å². The summed E-state index contributed by atoms with van der Waals surface area (Å²) in [6.07, 6.45) is 3.84. The fourth-order valence-corrected chi connectivity index (χ4v) is 4.79. The molecule has 2 aliphatic heterocycles. The molecule has 2 aromatic rings. The lowest BCUT2D eigenvalue weighted by Crippen LogP contribution is -2.38. The summed E-state index contributed by atoms with van der Waals surface area (Å²) in [4.78, 5) is 9.04. The quantitative estimate of drug-likeness (QED) is 0.772. The molecular formula is C20H23ClN4OS. The molecule has 27 heavy (non-hydrogen) atoms. The molecule has 1 aromatic carbocycles. The maximum absolute atomic E-state index is 10.5. The summed E-state index contributed by atoms with van der Waals surface area (Å²) in [5.41, 5.74) is 2.20. The van der Waals surface area contributed by atoms with Crippen molar-refractivity contribution < 1.29 is 5.11 Å². The first-order valence-electron chi connectivity index (χ1n) is 9.32. The topological polar surface area (TPSA) is 63.5 Å². The fourth-order valence-electron chi connectivity index (χ4n) is 3.68. The van der Waals surface area contributed by atoms with E-state index in [1.807, 2.05) is 34.5 Å². The molecule has 0 unspecified atom stereocenters. The predicted molar refractivity (Wildman–Crippen MR) is 112 cm³/mol. The average Bonchev–Trinajstić information content (AvgIpc) is 3.25. The van der Waals surface area contributed by atoms with E-state index >= 15 is 0 Å². The summed E-state index contributed by atoms with van der Waals surface area (Å²) in [6.45, 7) is 4.37. The fraction of sp³-hybridized carbons (Fsp3) is 0.400. The van der Waals surface area contributed by atoms with E-state index < -0.39 is 0 Å². The van der Waals surface area contributed by atoms with Gasteiger partial charge in [0.25, 0.3) is 0 Å². The van der Waals surface area contributed by atoms with Crippen LogP contribution in [0.5, 0.6) is 0 Å². The molecule has 2 aliphatic rings. The molecule has 0 aliphatic carbocycles. The lowest BCUT2D eigenvalue weighted by Gasteiger charge is -2.29. The molecule has 2 N–H and O–H groups in total. The number of benzene rings is 1. The van der Waals surface area contributed by atoms with Gasteiger partial charge < -0.3 is 14.9 Å². The summed E-state index contributed by atoms with van der Waals surface area (Å²) in [5.74, 6) is 0.600. The van der Waals surface area contributed by atoms with Crippen LogP contribution in [0.15, 0.2) is 35.4 Å². The number of amidine groups is 1. The van der Waals surface area contributed by atoms with Crippen LogP contribution in [0.25, 0.3) is 16.8 Å². The molecule has 1 saturated heterocycles. The lowest BCUT2D eigenvalue weighted by atomic mass is 10.1. The minimum absolute atomic E-state index is 0.235. The number of aliphatic hydroxyl groups excluding tert-OH is 1. The van der Waals surface area contributed by atoms with Gasteiger partial charge in [0.1, 0.15) is 16.6 Å². The molecule has 0 amide bonds. The zero-order valence-electron chi connectivity index (χ0n) is 15.1. The summed E-state index contributed by atoms with van der Waals surface area (Å²) in [5, 5.41) is 22.3. The van der Waals surface area contributed by atoms with Crippen molar-refractivity contribution in [3.05, 3.63) is 45.4 Å². The van der Waals surface area contributed by atoms with Crippen LogP contribution in [-0.4, -0.2) is 58.4 Å². The number of aliphatic hydroxyl groups is 1. The zero-order valence-corrected chi connectivity index (χ0v) is 16.7. The molecule has 142 valence electrons. The Morgan fingerprint density at radius 2 is 1.93 bits per heavy atom. The molecule has 4 rings (SSSR count). The molecule has 5 nitrogen and oxygen atoms in total. The Balaban J connectivity index is 1.47. The minimum Gasteiger partial charge on any atom is -0.510 e. The van der Waals surface area contributed by atoms with Gasteiger partial charge in [0.15, 0.2) is 0 Å². The molecule has 0 radical (unpaired) electrons. The van der Waals surface area contributed by atoms with E-state index in [1.54, 1.807) is 0 Å². The molecule has 1 aromatic heterocycles. The van der Waals surface area contributed by atoms with E-state index in [0.717, 1.165) is 37.4 Å². The van der Waals surface area contributed by atoms with Gasteiger partial charge >= 0.3 is 0 Å². The standard InChI is InChI=1S/C20H23ClN4OS/c21-15-7-3-2-6-14(15)16-13-27-20(23-16)18-17(26)12-25(19(18)22)11-10-24-8-4-1-5-9-24/h2-3,6-7,13,22,26H,1,4-5,8-12H2. The van der Waals surface area contributed by atoms with Crippen molar-refractivity contribution >= 4 is 34.3 Å². The van der Waals surface area contributed by atoms with Crippen molar-refractivity contribution in [3.63, 3.8) is 0 Å². The molecule has 0 atom stereocenters. The van der Waals surface area contributed by atoms with Crippen molar-refractivity contribution in [3.8, 4) is 11.3 Å². The monoisotopic (exact) mass is 402 g/mol. The van der Waals surface area contributed by atoms with Gasteiger partial charge in [0, 0.05) is 29.1 Å². The van der Waals surface area contributed by atoms with E-state index in [2.05, 4.69) is 9.88 Å². The molecule has 0 saturated carbocycles. The molecule has 0 spiro atoms. The Kier molecular flexibility index (Phi) is 5.48. The second-order valence-corrected chi connectivity index (χ2v) is 8.28. The van der Waals surface area contributed by atoms with Crippen LogP contribution >= 0.6 is 22.9 Å². The summed E-state index contributed by atoms with van der Waals surface area (Å²) in [7, 11) is 0. The molecular weight excluding hydrogens is 380 g/mol. The Morgan fingerprint density at radius 1 is 1.15 bits per heavy atom. The maximum atomic E-state index is 10.5. The SMILES string of the molecule is N=C1C(c2nc(-c3ccccc3Cl)cs2)=C(O)CN1CCN1CCCCC1. The maximum Gasteiger partial charge on any atom is 0.135 e. The van der Waals surface area contributed by atoms with Crippen LogP contribution in [0.4, 0.5) is 0 Å². The van der Waals surface area contributed by atoms with E-state index in [-0.39, 0.29) is 5.76 Å². The Bertz CT molecular complexity index is 872. The van der Waals surface area contributed by atoms with Crippen LogP contribution in [0.2, 0.25) is 5.02 Å². The van der Waals surface area contributed by atoms with Gasteiger partial charge in [0.2, 0.25) is 0 Å². The van der Waals surface area contributed by atoms with E-state index in [9.17, 15) is 5.11 Å². The number of hydrogen-bond donors (Lipinski definition) is 2. The van der Waals surface area contributed by atoms with Gasteiger partial charge in [-0.25, -0.2) is 4.98 Å². The van der Waals surface area contributed by atoms with Crippen LogP contribution in [0.1, 0.15) is 24.3 Å². The largest absolute Gasteiger partial charge is 0.510 e. The summed E-state index contributed by atoms with van der Waals surface area (Å²) >= 11 is 7.71. The Labute approximate surface area is 168 Å². The number of aromatic nitrogens is 1. The third-order valence-electron chi connectivity index (χ3n) is 5.18. The minimum atomic E-state index is 0.235. The summed E-state index contributed by atoms with van der Waals surface area (Å²) < 4.78 is 0. The molecule has 1 fully saturated rings. The van der Waals surface area contributed by atoms with Crippen molar-refractivity contribution in [1.82, 2.24) is 14.8 Å². The third-order valence-corrected chi connectivity index (χ3v) is 6.37. The van der Waals surface area contributed by atoms with Crippen molar-refractivity contribution in [1.29, 1.82) is 5.41 Å². The van der Waals surface area contributed by atoms with Gasteiger partial charge in [-0.2, -0.15) is 0 Å². The van der Waals surface area contributed by atoms with Crippen molar-refractivity contribution in [2.24, 2.45) is 0 Å². The number of rotatable bonds is 5. The number of nitrogens with one attached hydrogen (secondary N) is 1. The number of thiazole rings is 1. The first-order chi connectivity index (χ1) is 13.1. The van der Waals surface area contributed by atoms with E-state index in [0.29, 0.717) is 28.0 Å². The van der Waals surface area contributed by atoms with Gasteiger partial charge in [-0.15, -0.1) is 11.3 Å². The first kappa shape index (κ1) is 18.5. The lowest BCUT2D eigenvalue weighted by molar-refractivity contribution is 0.210. The highest BCUT2D eigenvalue weighted by molar-refractivity contribution is 7.11.